The molecule has 0 atom stereocenters. The van der Waals surface area contributed by atoms with Gasteiger partial charge >= 0.3 is 0 Å². The lowest BCUT2D eigenvalue weighted by atomic mass is 10.4. The van der Waals surface area contributed by atoms with Crippen LogP contribution in [0.3, 0.4) is 0 Å². The number of ether oxygens (including phenoxy) is 1. The first kappa shape index (κ1) is 14.2. The van der Waals surface area contributed by atoms with E-state index < -0.39 is 0 Å². The molecule has 2 aromatic rings. The molecule has 0 bridgehead atoms. The SMILES string of the molecule is CCn1cnnc1CNc1cc(NC)nc(COC)n1. The van der Waals surface area contributed by atoms with Crippen molar-refractivity contribution >= 4 is 11.6 Å². The van der Waals surface area contributed by atoms with Gasteiger partial charge in [0.1, 0.15) is 24.6 Å². The van der Waals surface area contributed by atoms with Gasteiger partial charge in [0.2, 0.25) is 0 Å². The number of hydrogen-bond acceptors (Lipinski definition) is 7. The van der Waals surface area contributed by atoms with E-state index in [0.717, 1.165) is 24.0 Å². The largest absolute Gasteiger partial charge is 0.377 e. The second-order valence-corrected chi connectivity index (χ2v) is 4.12. The molecule has 0 radical (unpaired) electrons. The van der Waals surface area contributed by atoms with Crippen molar-refractivity contribution in [2.24, 2.45) is 0 Å². The van der Waals surface area contributed by atoms with Crippen LogP contribution in [0.25, 0.3) is 0 Å². The van der Waals surface area contributed by atoms with E-state index in [2.05, 4.69) is 30.8 Å². The van der Waals surface area contributed by atoms with Crippen LogP contribution in [0, 0.1) is 0 Å². The van der Waals surface area contributed by atoms with Gasteiger partial charge < -0.3 is 19.9 Å². The molecule has 8 heteroatoms. The van der Waals surface area contributed by atoms with E-state index in [0.29, 0.717) is 19.0 Å². The average molecular weight is 277 g/mol. The molecule has 0 saturated heterocycles. The molecule has 108 valence electrons. The van der Waals surface area contributed by atoms with Crippen LogP contribution in [0.4, 0.5) is 11.6 Å². The minimum absolute atomic E-state index is 0.370. The second kappa shape index (κ2) is 6.80. The number of nitrogens with zero attached hydrogens (tertiary/aromatic N) is 5. The molecular weight excluding hydrogens is 258 g/mol. The zero-order chi connectivity index (χ0) is 14.4. The van der Waals surface area contributed by atoms with Crippen LogP contribution in [-0.4, -0.2) is 38.9 Å². The lowest BCUT2D eigenvalue weighted by Crippen LogP contribution is -2.10. The summed E-state index contributed by atoms with van der Waals surface area (Å²) in [7, 11) is 3.43. The van der Waals surface area contributed by atoms with Crippen LogP contribution >= 0.6 is 0 Å². The van der Waals surface area contributed by atoms with Crippen molar-refractivity contribution in [2.75, 3.05) is 24.8 Å². The number of methoxy groups -OCH3 is 1. The van der Waals surface area contributed by atoms with Gasteiger partial charge in [0.25, 0.3) is 0 Å². The Labute approximate surface area is 117 Å². The minimum Gasteiger partial charge on any atom is -0.377 e. The molecule has 0 aliphatic rings. The highest BCUT2D eigenvalue weighted by molar-refractivity contribution is 5.47. The number of rotatable bonds is 7. The van der Waals surface area contributed by atoms with Gasteiger partial charge in [-0.25, -0.2) is 9.97 Å². The lowest BCUT2D eigenvalue weighted by Gasteiger charge is -2.09. The van der Waals surface area contributed by atoms with Gasteiger partial charge in [0.15, 0.2) is 11.6 Å². The maximum Gasteiger partial charge on any atom is 0.158 e. The lowest BCUT2D eigenvalue weighted by molar-refractivity contribution is 0.178. The summed E-state index contributed by atoms with van der Waals surface area (Å²) in [5.41, 5.74) is 0. The van der Waals surface area contributed by atoms with Crippen molar-refractivity contribution in [3.05, 3.63) is 24.0 Å². The van der Waals surface area contributed by atoms with Gasteiger partial charge in [-0.2, -0.15) is 0 Å². The summed E-state index contributed by atoms with van der Waals surface area (Å²) < 4.78 is 7.04. The van der Waals surface area contributed by atoms with E-state index in [1.165, 1.54) is 0 Å². The molecule has 0 spiro atoms. The summed E-state index contributed by atoms with van der Waals surface area (Å²) in [6, 6.07) is 1.84. The molecule has 0 aliphatic carbocycles. The topological polar surface area (TPSA) is 89.8 Å². The molecular formula is C12H19N7O. The third kappa shape index (κ3) is 3.41. The quantitative estimate of drug-likeness (QED) is 0.776. The highest BCUT2D eigenvalue weighted by Crippen LogP contribution is 2.12. The fourth-order valence-electron chi connectivity index (χ4n) is 1.76. The average Bonchev–Trinajstić information content (AvgIpc) is 2.92. The Balaban J connectivity index is 2.10. The van der Waals surface area contributed by atoms with Gasteiger partial charge in [-0.1, -0.05) is 0 Å². The van der Waals surface area contributed by atoms with Crippen molar-refractivity contribution in [1.82, 2.24) is 24.7 Å². The van der Waals surface area contributed by atoms with E-state index in [-0.39, 0.29) is 0 Å². The minimum atomic E-state index is 0.370. The predicted molar refractivity (Wildman–Crippen MR) is 75.3 cm³/mol. The first-order valence-electron chi connectivity index (χ1n) is 6.42. The molecule has 2 N–H and O–H groups in total. The molecule has 8 nitrogen and oxygen atoms in total. The van der Waals surface area contributed by atoms with Crippen LogP contribution in [0.2, 0.25) is 0 Å². The van der Waals surface area contributed by atoms with Crippen LogP contribution in [0.1, 0.15) is 18.6 Å². The first-order chi connectivity index (χ1) is 9.76. The molecule has 0 aliphatic heterocycles. The number of nitrogens with one attached hydrogen (secondary N) is 2. The monoisotopic (exact) mass is 277 g/mol. The number of aryl methyl sites for hydroxylation is 1. The molecule has 2 heterocycles. The second-order valence-electron chi connectivity index (χ2n) is 4.12. The van der Waals surface area contributed by atoms with Crippen molar-refractivity contribution in [2.45, 2.75) is 26.6 Å². The third-order valence-electron chi connectivity index (χ3n) is 2.77. The third-order valence-corrected chi connectivity index (χ3v) is 2.77. The van der Waals surface area contributed by atoms with Crippen molar-refractivity contribution < 1.29 is 4.74 Å². The maximum absolute atomic E-state index is 5.06. The summed E-state index contributed by atoms with van der Waals surface area (Å²) >= 11 is 0. The Bertz CT molecular complexity index is 554. The molecule has 0 saturated carbocycles. The van der Waals surface area contributed by atoms with Gasteiger partial charge in [0, 0.05) is 26.8 Å². The molecule has 0 aromatic carbocycles. The molecule has 20 heavy (non-hydrogen) atoms. The zero-order valence-corrected chi connectivity index (χ0v) is 11.9. The van der Waals surface area contributed by atoms with Crippen molar-refractivity contribution in [3.63, 3.8) is 0 Å². The van der Waals surface area contributed by atoms with E-state index >= 15 is 0 Å². The highest BCUT2D eigenvalue weighted by atomic mass is 16.5. The summed E-state index contributed by atoms with van der Waals surface area (Å²) in [5.74, 6) is 2.96. The number of anilines is 2. The Morgan fingerprint density at radius 1 is 1.30 bits per heavy atom. The van der Waals surface area contributed by atoms with Crippen LogP contribution in [-0.2, 0) is 24.4 Å². The standard InChI is InChI=1S/C12H19N7O/c1-4-19-8-15-18-12(19)6-14-10-5-9(13-2)16-11(17-10)7-20-3/h5,8H,4,6-7H2,1-3H3,(H2,13,14,16,17). The molecule has 2 aromatic heterocycles. The van der Waals surface area contributed by atoms with Crippen molar-refractivity contribution in [3.8, 4) is 0 Å². The van der Waals surface area contributed by atoms with Crippen molar-refractivity contribution in [1.29, 1.82) is 0 Å². The van der Waals surface area contributed by atoms with Gasteiger partial charge in [-0.05, 0) is 6.92 Å². The Kier molecular flexibility index (Phi) is 4.83. The Morgan fingerprint density at radius 2 is 2.10 bits per heavy atom. The number of aromatic nitrogens is 5. The van der Waals surface area contributed by atoms with E-state index in [1.54, 1.807) is 13.4 Å². The fourth-order valence-corrected chi connectivity index (χ4v) is 1.76. The first-order valence-corrected chi connectivity index (χ1v) is 6.42. The Morgan fingerprint density at radius 3 is 2.80 bits per heavy atom. The fraction of sp³-hybridized carbons (Fsp3) is 0.500. The predicted octanol–water partition coefficient (Wildman–Crippen LogP) is 0.888. The van der Waals surface area contributed by atoms with Gasteiger partial charge in [0.05, 0.1) is 6.54 Å². The smallest absolute Gasteiger partial charge is 0.158 e. The highest BCUT2D eigenvalue weighted by Gasteiger charge is 2.06. The molecule has 0 fully saturated rings. The number of hydrogen-bond donors (Lipinski definition) is 2. The normalized spacial score (nSPS) is 10.6. The Hall–Kier alpha value is -2.22. The molecule has 0 amide bonds. The van der Waals surface area contributed by atoms with Crippen LogP contribution < -0.4 is 10.6 Å². The maximum atomic E-state index is 5.06. The van der Waals surface area contributed by atoms with Gasteiger partial charge in [-0.3, -0.25) is 0 Å². The van der Waals surface area contributed by atoms with Crippen LogP contribution in [0.5, 0.6) is 0 Å². The van der Waals surface area contributed by atoms with E-state index in [4.69, 9.17) is 4.74 Å². The molecule has 0 unspecified atom stereocenters. The molecule has 2 rings (SSSR count). The van der Waals surface area contributed by atoms with Crippen LogP contribution in [0.15, 0.2) is 12.4 Å². The zero-order valence-electron chi connectivity index (χ0n) is 11.9. The van der Waals surface area contributed by atoms with E-state index in [1.807, 2.05) is 24.6 Å². The van der Waals surface area contributed by atoms with Gasteiger partial charge in [-0.15, -0.1) is 10.2 Å². The van der Waals surface area contributed by atoms with E-state index in [9.17, 15) is 0 Å². The summed E-state index contributed by atoms with van der Waals surface area (Å²) in [5, 5.41) is 14.2. The summed E-state index contributed by atoms with van der Waals surface area (Å²) in [4.78, 5) is 8.68. The summed E-state index contributed by atoms with van der Waals surface area (Å²) in [6.07, 6.45) is 1.71. The summed E-state index contributed by atoms with van der Waals surface area (Å²) in [6.45, 7) is 3.81.